The van der Waals surface area contributed by atoms with Crippen LogP contribution in [0, 0.1) is 6.92 Å². The normalized spacial score (nSPS) is 11.5. The van der Waals surface area contributed by atoms with Crippen molar-refractivity contribution in [1.82, 2.24) is 19.5 Å². The molecule has 0 spiro atoms. The summed E-state index contributed by atoms with van der Waals surface area (Å²) in [5.74, 6) is 1.68. The van der Waals surface area contributed by atoms with Crippen LogP contribution in [0.3, 0.4) is 0 Å². The molecule has 0 amide bonds. The number of halogens is 4. The minimum Gasteiger partial charge on any atom is -0.339 e. The Hall–Kier alpha value is -2.42. The number of hydrogen-bond acceptors (Lipinski definition) is 4. The summed E-state index contributed by atoms with van der Waals surface area (Å²) in [7, 11) is 0. The largest absolute Gasteiger partial charge is 0.416 e. The number of hydrogen-bond donors (Lipinski definition) is 1. The van der Waals surface area contributed by atoms with Gasteiger partial charge in [0.05, 0.1) is 18.0 Å². The lowest BCUT2D eigenvalue weighted by Gasteiger charge is -2.10. The van der Waals surface area contributed by atoms with Gasteiger partial charge in [0.25, 0.3) is 0 Å². The van der Waals surface area contributed by atoms with Crippen LogP contribution in [0.1, 0.15) is 11.4 Å². The van der Waals surface area contributed by atoms with Crippen LogP contribution < -0.4 is 5.32 Å². The summed E-state index contributed by atoms with van der Waals surface area (Å²) < 4.78 is 40.1. The lowest BCUT2D eigenvalue weighted by atomic mass is 10.2. The maximum absolute atomic E-state index is 12.6. The summed E-state index contributed by atoms with van der Waals surface area (Å²) in [5.41, 5.74) is -0.218. The van der Waals surface area contributed by atoms with Gasteiger partial charge in [0, 0.05) is 11.9 Å². The molecule has 0 aliphatic heterocycles. The molecule has 1 aromatic carbocycles. The quantitative estimate of drug-likeness (QED) is 0.706. The maximum atomic E-state index is 12.6. The van der Waals surface area contributed by atoms with Gasteiger partial charge >= 0.3 is 6.18 Å². The highest BCUT2D eigenvalue weighted by molar-refractivity contribution is 9.10. The molecule has 2 heterocycles. The highest BCUT2D eigenvalue weighted by Gasteiger charge is 2.29. The molecule has 0 bridgehead atoms. The van der Waals surface area contributed by atoms with Gasteiger partial charge in [-0.25, -0.2) is 9.97 Å². The first-order valence-corrected chi connectivity index (χ1v) is 7.60. The predicted octanol–water partition coefficient (Wildman–Crippen LogP) is 4.50. The van der Waals surface area contributed by atoms with E-state index in [0.717, 1.165) is 18.0 Å². The number of aryl methyl sites for hydroxylation is 1. The van der Waals surface area contributed by atoms with Crippen molar-refractivity contribution in [3.05, 3.63) is 58.8 Å². The van der Waals surface area contributed by atoms with Crippen LogP contribution in [0.15, 0.2) is 47.5 Å². The summed E-state index contributed by atoms with van der Waals surface area (Å²) in [4.78, 5) is 12.7. The fraction of sp³-hybridized carbons (Fsp3) is 0.133. The Morgan fingerprint density at radius 3 is 2.38 bits per heavy atom. The van der Waals surface area contributed by atoms with E-state index >= 15 is 0 Å². The van der Waals surface area contributed by atoms with Crippen LogP contribution in [-0.4, -0.2) is 19.5 Å². The molecule has 0 fully saturated rings. The van der Waals surface area contributed by atoms with Crippen molar-refractivity contribution in [3.8, 4) is 5.82 Å². The third-order valence-corrected chi connectivity index (χ3v) is 3.59. The SMILES string of the molecule is Cc1nc(Br)cn1-c1cncc(Nc2ccc(C(F)(F)F)cc2)n1. The van der Waals surface area contributed by atoms with Gasteiger partial charge in [-0.15, -0.1) is 0 Å². The monoisotopic (exact) mass is 397 g/mol. The molecule has 24 heavy (non-hydrogen) atoms. The van der Waals surface area contributed by atoms with Gasteiger partial charge in [-0.1, -0.05) is 0 Å². The van der Waals surface area contributed by atoms with Crippen molar-refractivity contribution < 1.29 is 13.2 Å². The number of rotatable bonds is 3. The zero-order valence-electron chi connectivity index (χ0n) is 12.3. The molecule has 0 unspecified atom stereocenters. The van der Waals surface area contributed by atoms with Crippen LogP contribution >= 0.6 is 15.9 Å². The molecule has 5 nitrogen and oxygen atoms in total. The zero-order chi connectivity index (χ0) is 17.3. The van der Waals surface area contributed by atoms with Gasteiger partial charge in [-0.2, -0.15) is 13.2 Å². The molecule has 3 aromatic rings. The number of anilines is 2. The van der Waals surface area contributed by atoms with E-state index in [1.807, 2.05) is 6.92 Å². The first kappa shape index (κ1) is 16.4. The molecule has 0 atom stereocenters. The molecule has 2 aromatic heterocycles. The second kappa shape index (κ2) is 6.23. The van der Waals surface area contributed by atoms with Crippen LogP contribution in [0.25, 0.3) is 5.82 Å². The van der Waals surface area contributed by atoms with E-state index in [-0.39, 0.29) is 0 Å². The fourth-order valence-electron chi connectivity index (χ4n) is 2.09. The molecule has 0 aliphatic rings. The first-order valence-electron chi connectivity index (χ1n) is 6.81. The van der Waals surface area contributed by atoms with E-state index in [1.165, 1.54) is 18.3 Å². The molecule has 0 aliphatic carbocycles. The standard InChI is InChI=1S/C15H11BrF3N5/c1-9-21-12(16)8-24(9)14-7-20-6-13(23-14)22-11-4-2-10(3-5-11)15(17,18)19/h2-8H,1H3,(H,22,23). The van der Waals surface area contributed by atoms with Crippen LogP contribution in [0.4, 0.5) is 24.7 Å². The molecule has 3 rings (SSSR count). The predicted molar refractivity (Wildman–Crippen MR) is 86.3 cm³/mol. The average molecular weight is 398 g/mol. The average Bonchev–Trinajstić information content (AvgIpc) is 2.86. The maximum Gasteiger partial charge on any atom is 0.416 e. The Balaban J connectivity index is 1.84. The van der Waals surface area contributed by atoms with E-state index in [1.54, 1.807) is 17.0 Å². The van der Waals surface area contributed by atoms with E-state index in [9.17, 15) is 13.2 Å². The number of benzene rings is 1. The van der Waals surface area contributed by atoms with Crippen molar-refractivity contribution in [2.45, 2.75) is 13.1 Å². The van der Waals surface area contributed by atoms with Crippen LogP contribution in [-0.2, 0) is 6.18 Å². The summed E-state index contributed by atoms with van der Waals surface area (Å²) in [6, 6.07) is 4.71. The summed E-state index contributed by atoms with van der Waals surface area (Å²) in [6.07, 6.45) is 0.452. The smallest absolute Gasteiger partial charge is 0.339 e. The minimum atomic E-state index is -4.36. The Kier molecular flexibility index (Phi) is 4.27. The topological polar surface area (TPSA) is 55.6 Å². The van der Waals surface area contributed by atoms with Crippen LogP contribution in [0.2, 0.25) is 0 Å². The molecule has 0 radical (unpaired) electrons. The summed E-state index contributed by atoms with van der Waals surface area (Å²) >= 11 is 3.29. The van der Waals surface area contributed by atoms with Gasteiger partial charge in [0.2, 0.25) is 0 Å². The zero-order valence-corrected chi connectivity index (χ0v) is 13.9. The van der Waals surface area contributed by atoms with E-state index in [0.29, 0.717) is 21.9 Å². The second-order valence-corrected chi connectivity index (χ2v) is 5.76. The molecular formula is C15H11BrF3N5. The molecule has 0 saturated heterocycles. The summed E-state index contributed by atoms with van der Waals surface area (Å²) in [5, 5.41) is 2.93. The lowest BCUT2D eigenvalue weighted by Crippen LogP contribution is -2.05. The highest BCUT2D eigenvalue weighted by atomic mass is 79.9. The Bertz CT molecular complexity index is 858. The first-order chi connectivity index (χ1) is 11.3. The van der Waals surface area contributed by atoms with Gasteiger partial charge in [-0.3, -0.25) is 9.55 Å². The van der Waals surface area contributed by atoms with E-state index < -0.39 is 11.7 Å². The van der Waals surface area contributed by atoms with Gasteiger partial charge in [-0.05, 0) is 47.1 Å². The molecule has 124 valence electrons. The number of alkyl halides is 3. The number of imidazole rings is 1. The van der Waals surface area contributed by atoms with Gasteiger partial charge < -0.3 is 5.32 Å². The summed E-state index contributed by atoms with van der Waals surface area (Å²) in [6.45, 7) is 1.82. The van der Waals surface area contributed by atoms with Crippen molar-refractivity contribution in [2.75, 3.05) is 5.32 Å². The third kappa shape index (κ3) is 3.56. The Labute approximate surface area is 143 Å². The lowest BCUT2D eigenvalue weighted by molar-refractivity contribution is -0.137. The molecule has 9 heteroatoms. The fourth-order valence-corrected chi connectivity index (χ4v) is 2.55. The van der Waals surface area contributed by atoms with Crippen molar-refractivity contribution in [3.63, 3.8) is 0 Å². The molecule has 0 saturated carbocycles. The highest BCUT2D eigenvalue weighted by Crippen LogP contribution is 2.30. The second-order valence-electron chi connectivity index (χ2n) is 4.94. The van der Waals surface area contributed by atoms with Crippen molar-refractivity contribution in [2.24, 2.45) is 0 Å². The van der Waals surface area contributed by atoms with E-state index in [2.05, 4.69) is 36.2 Å². The van der Waals surface area contributed by atoms with Gasteiger partial charge in [0.15, 0.2) is 11.6 Å². The van der Waals surface area contributed by atoms with Gasteiger partial charge in [0.1, 0.15) is 10.4 Å². The van der Waals surface area contributed by atoms with Crippen LogP contribution in [0.5, 0.6) is 0 Å². The minimum absolute atomic E-state index is 0.413. The molecule has 1 N–H and O–H groups in total. The Morgan fingerprint density at radius 2 is 1.79 bits per heavy atom. The van der Waals surface area contributed by atoms with E-state index in [4.69, 9.17) is 0 Å². The number of nitrogens with zero attached hydrogens (tertiary/aromatic N) is 4. The number of nitrogens with one attached hydrogen (secondary N) is 1. The number of aromatic nitrogens is 4. The van der Waals surface area contributed by atoms with Crippen molar-refractivity contribution >= 4 is 27.4 Å². The third-order valence-electron chi connectivity index (χ3n) is 3.21. The molecular weight excluding hydrogens is 387 g/mol. The Morgan fingerprint density at radius 1 is 1.08 bits per heavy atom. The van der Waals surface area contributed by atoms with Crippen molar-refractivity contribution in [1.29, 1.82) is 0 Å².